The summed E-state index contributed by atoms with van der Waals surface area (Å²) in [6, 6.07) is 0. The van der Waals surface area contributed by atoms with Gasteiger partial charge in [0.05, 0.1) is 32.0 Å². The Balaban J connectivity index is 1.17. The molecule has 0 amide bonds. The van der Waals surface area contributed by atoms with Crippen molar-refractivity contribution in [3.63, 3.8) is 0 Å². The zero-order chi connectivity index (χ0) is 32.9. The number of fused-ring (bicyclic) bond motifs is 2. The second kappa shape index (κ2) is 12.6. The van der Waals surface area contributed by atoms with Crippen molar-refractivity contribution >= 4 is 44.2 Å². The van der Waals surface area contributed by atoms with E-state index in [1.54, 1.807) is 0 Å². The van der Waals surface area contributed by atoms with Gasteiger partial charge in [-0.3, -0.25) is 37.5 Å². The van der Waals surface area contributed by atoms with Crippen LogP contribution in [0.1, 0.15) is 18.9 Å². The summed E-state index contributed by atoms with van der Waals surface area (Å²) in [5.74, 6) is 0.0570. The van der Waals surface area contributed by atoms with Gasteiger partial charge < -0.3 is 44.8 Å². The van der Waals surface area contributed by atoms with Crippen molar-refractivity contribution in [3.8, 4) is 0 Å². The number of aromatic amines is 2. The second-order valence-corrected chi connectivity index (χ2v) is 12.3. The van der Waals surface area contributed by atoms with E-state index in [0.29, 0.717) is 0 Å². The lowest BCUT2D eigenvalue weighted by Crippen LogP contribution is -2.35. The van der Waals surface area contributed by atoms with Crippen molar-refractivity contribution in [2.24, 2.45) is 0 Å². The number of H-pyrrole nitrogens is 2. The first-order valence-corrected chi connectivity index (χ1v) is 16.1. The highest BCUT2D eigenvalue weighted by Crippen LogP contribution is 2.50. The minimum Gasteiger partial charge on any atom is -0.394 e. The molecule has 6 heterocycles. The molecule has 9 N–H and O–H groups in total. The molecule has 2 aliphatic heterocycles. The standard InChI is InChI=1S/C21H27N9O14P2/c22-15-9-16(24-4-23-15)29(5-25-9)19-12(33)13(43-45(36)37)7(41-19)1-2-40-46(38,39)44-14-11(32)8(3-31)42-20(14)30-6-26-10-17(30)27-21(35)28-18(10)34/h4-8,11-14,19-20,31-33,45H,1-3H2,(H,36,37)(H,38,39)(H2,22,23,24)(H2,27,28,34,35)/t7-,8-,11-,12-,13-,14-,19-,20-/m1/s1. The van der Waals surface area contributed by atoms with Gasteiger partial charge >= 0.3 is 21.8 Å². The number of imidazole rings is 2. The van der Waals surface area contributed by atoms with Gasteiger partial charge in [-0.05, 0) is 0 Å². The van der Waals surface area contributed by atoms with E-state index < -0.39 is 89.6 Å². The second-order valence-electron chi connectivity index (χ2n) is 10.1. The number of nitrogen functional groups attached to an aromatic ring is 1. The fourth-order valence-electron chi connectivity index (χ4n) is 5.32. The highest BCUT2D eigenvalue weighted by atomic mass is 31.2. The Morgan fingerprint density at radius 3 is 2.46 bits per heavy atom. The smallest absolute Gasteiger partial charge is 0.394 e. The number of nitrogens with zero attached hydrogens (tertiary/aromatic N) is 6. The number of anilines is 1. The average Bonchev–Trinajstić information content (AvgIpc) is 3.75. The van der Waals surface area contributed by atoms with E-state index in [4.69, 9.17) is 28.8 Å². The van der Waals surface area contributed by atoms with Crippen molar-refractivity contribution in [1.29, 1.82) is 0 Å². The molecule has 4 aromatic heterocycles. The van der Waals surface area contributed by atoms with Gasteiger partial charge in [0.15, 0.2) is 29.4 Å². The number of aromatic nitrogens is 8. The summed E-state index contributed by atoms with van der Waals surface area (Å²) in [7, 11) is -8.66. The number of rotatable bonds is 11. The molecule has 6 rings (SSSR count). The van der Waals surface area contributed by atoms with Crippen LogP contribution in [0.4, 0.5) is 5.82 Å². The van der Waals surface area contributed by atoms with Gasteiger partial charge in [-0.15, -0.1) is 0 Å². The molecular formula is C21H27N9O14P2. The fourth-order valence-corrected chi connectivity index (χ4v) is 6.78. The molecule has 2 aliphatic rings. The van der Waals surface area contributed by atoms with Crippen molar-refractivity contribution < 1.29 is 57.3 Å². The summed E-state index contributed by atoms with van der Waals surface area (Å²) in [5.41, 5.74) is 4.10. The molecule has 0 aliphatic carbocycles. The topological polar surface area (TPSA) is 335 Å². The van der Waals surface area contributed by atoms with E-state index in [1.807, 2.05) is 4.98 Å². The highest BCUT2D eigenvalue weighted by molar-refractivity contribution is 7.47. The number of aliphatic hydroxyl groups is 3. The Morgan fingerprint density at radius 1 is 1.00 bits per heavy atom. The average molecular weight is 691 g/mol. The predicted molar refractivity (Wildman–Crippen MR) is 149 cm³/mol. The normalized spacial score (nSPS) is 30.3. The number of nitrogens with one attached hydrogen (secondary N) is 2. The zero-order valence-electron chi connectivity index (χ0n) is 23.1. The number of phosphoric ester groups is 1. The van der Waals surface area contributed by atoms with Crippen molar-refractivity contribution in [2.75, 3.05) is 18.9 Å². The Kier molecular flexibility index (Phi) is 8.93. The van der Waals surface area contributed by atoms with Gasteiger partial charge in [0.25, 0.3) is 5.56 Å². The lowest BCUT2D eigenvalue weighted by molar-refractivity contribution is -0.0528. The maximum atomic E-state index is 13.0. The van der Waals surface area contributed by atoms with Crippen LogP contribution in [0.5, 0.6) is 0 Å². The van der Waals surface area contributed by atoms with E-state index in [-0.39, 0.29) is 34.6 Å². The number of hydrogen-bond acceptors (Lipinski definition) is 17. The molecule has 2 fully saturated rings. The van der Waals surface area contributed by atoms with Crippen LogP contribution in [-0.4, -0.2) is 114 Å². The van der Waals surface area contributed by atoms with Crippen LogP contribution < -0.4 is 17.0 Å². The number of hydrogen-bond donors (Lipinski definition) is 8. The first-order chi connectivity index (χ1) is 21.9. The zero-order valence-corrected chi connectivity index (χ0v) is 25.0. The van der Waals surface area contributed by atoms with E-state index in [0.717, 1.165) is 17.2 Å². The molecule has 4 aromatic rings. The molecule has 46 heavy (non-hydrogen) atoms. The van der Waals surface area contributed by atoms with E-state index in [1.165, 1.54) is 10.9 Å². The third-order valence-electron chi connectivity index (χ3n) is 7.35. The van der Waals surface area contributed by atoms with Gasteiger partial charge in [-0.25, -0.2) is 29.3 Å². The third kappa shape index (κ3) is 6.03. The largest absolute Gasteiger partial charge is 0.472 e. The van der Waals surface area contributed by atoms with E-state index in [9.17, 15) is 43.8 Å². The van der Waals surface area contributed by atoms with Gasteiger partial charge in [-0.2, -0.15) is 0 Å². The molecule has 0 radical (unpaired) electrons. The van der Waals surface area contributed by atoms with Gasteiger partial charge in [0.1, 0.15) is 48.0 Å². The SMILES string of the molecule is Nc1ncnc2c1ncn2[C@@H]1O[C@H](CCOP(=O)(O)O[C@@H]2[C@H](O)[C@@H](CO)O[C@H]2n2cnc3c(=O)[nH]c(=O)[nH]c32)[C@@H](O[PH](=O)O)[C@H]1O. The molecule has 0 bridgehead atoms. The quantitative estimate of drug-likeness (QED) is 0.0726. The lowest BCUT2D eigenvalue weighted by Gasteiger charge is -2.24. The van der Waals surface area contributed by atoms with Crippen molar-refractivity contribution in [2.45, 2.75) is 55.5 Å². The van der Waals surface area contributed by atoms with Crippen LogP contribution in [0.3, 0.4) is 0 Å². The summed E-state index contributed by atoms with van der Waals surface area (Å²) in [4.78, 5) is 64.2. The Labute approximate surface area is 255 Å². The van der Waals surface area contributed by atoms with Crippen molar-refractivity contribution in [3.05, 3.63) is 39.8 Å². The lowest BCUT2D eigenvalue weighted by atomic mass is 10.1. The molecule has 0 saturated carbocycles. The van der Waals surface area contributed by atoms with Crippen LogP contribution in [0.2, 0.25) is 0 Å². The maximum Gasteiger partial charge on any atom is 0.472 e. The molecule has 25 heteroatoms. The summed E-state index contributed by atoms with van der Waals surface area (Å²) < 4.78 is 53.7. The summed E-state index contributed by atoms with van der Waals surface area (Å²) in [5, 5.41) is 31.3. The predicted octanol–water partition coefficient (Wildman–Crippen LogP) is -3.00. The first-order valence-electron chi connectivity index (χ1n) is 13.3. The molecule has 10 atom stereocenters. The Hall–Kier alpha value is -3.44. The monoisotopic (exact) mass is 691 g/mol. The highest BCUT2D eigenvalue weighted by Gasteiger charge is 2.50. The number of phosphoric acid groups is 1. The van der Waals surface area contributed by atoms with Crippen LogP contribution >= 0.6 is 16.1 Å². The molecule has 2 saturated heterocycles. The molecule has 23 nitrogen and oxygen atoms in total. The molecule has 0 spiro atoms. The van der Waals surface area contributed by atoms with Crippen LogP contribution in [0, 0.1) is 0 Å². The minimum atomic E-state index is -5.06. The van der Waals surface area contributed by atoms with Crippen LogP contribution in [-0.2, 0) is 32.2 Å². The van der Waals surface area contributed by atoms with Gasteiger partial charge in [-0.1, -0.05) is 0 Å². The summed E-state index contributed by atoms with van der Waals surface area (Å²) in [6.45, 7) is -1.33. The number of ether oxygens (including phenoxy) is 2. The van der Waals surface area contributed by atoms with Crippen LogP contribution in [0.15, 0.2) is 28.6 Å². The third-order valence-corrected chi connectivity index (χ3v) is 8.85. The minimum absolute atomic E-state index is 0.0570. The number of nitrogens with two attached hydrogens (primary N) is 1. The summed E-state index contributed by atoms with van der Waals surface area (Å²) in [6.07, 6.45) is -8.33. The molecular weight excluding hydrogens is 664 g/mol. The van der Waals surface area contributed by atoms with Gasteiger partial charge in [0, 0.05) is 6.42 Å². The number of aliphatic hydroxyl groups excluding tert-OH is 3. The van der Waals surface area contributed by atoms with Crippen LogP contribution in [0.25, 0.3) is 22.3 Å². The Bertz CT molecular complexity index is 1930. The van der Waals surface area contributed by atoms with Gasteiger partial charge in [0.2, 0.25) is 0 Å². The molecule has 0 aromatic carbocycles. The van der Waals surface area contributed by atoms with E-state index in [2.05, 4.69) is 24.9 Å². The fraction of sp³-hybridized carbons (Fsp3) is 0.524. The Morgan fingerprint density at radius 2 is 1.72 bits per heavy atom. The summed E-state index contributed by atoms with van der Waals surface area (Å²) >= 11 is 0. The maximum absolute atomic E-state index is 13.0. The van der Waals surface area contributed by atoms with E-state index >= 15 is 0 Å². The molecule has 250 valence electrons. The molecule has 2 unspecified atom stereocenters. The first kappa shape index (κ1) is 32.5. The van der Waals surface area contributed by atoms with Crippen molar-refractivity contribution in [1.82, 2.24) is 39.0 Å².